The van der Waals surface area contributed by atoms with Crippen LogP contribution in [0, 0.1) is 0 Å². The number of amides is 1. The van der Waals surface area contributed by atoms with Crippen molar-refractivity contribution in [2.24, 2.45) is 0 Å². The van der Waals surface area contributed by atoms with E-state index in [0.29, 0.717) is 5.82 Å². The van der Waals surface area contributed by atoms with Gasteiger partial charge in [0.1, 0.15) is 5.82 Å². The van der Waals surface area contributed by atoms with Gasteiger partial charge in [-0.1, -0.05) is 20.8 Å². The molecule has 1 N–H and O–H groups in total. The molecule has 0 saturated carbocycles. The first-order valence-corrected chi connectivity index (χ1v) is 8.36. The molecule has 0 aromatic carbocycles. The summed E-state index contributed by atoms with van der Waals surface area (Å²) in [7, 11) is -3.04. The summed E-state index contributed by atoms with van der Waals surface area (Å²) in [6, 6.07) is -0.349. The van der Waals surface area contributed by atoms with Crippen LogP contribution >= 0.6 is 0 Å². The van der Waals surface area contributed by atoms with Crippen molar-refractivity contribution >= 4 is 15.7 Å². The van der Waals surface area contributed by atoms with E-state index in [1.54, 1.807) is 6.92 Å². The predicted octanol–water partition coefficient (Wildman–Crippen LogP) is 0.361. The maximum absolute atomic E-state index is 12.3. The molecule has 1 amide bonds. The van der Waals surface area contributed by atoms with Gasteiger partial charge in [-0.2, -0.15) is 0 Å². The number of rotatable bonds is 1. The van der Waals surface area contributed by atoms with Gasteiger partial charge in [-0.3, -0.25) is 9.89 Å². The van der Waals surface area contributed by atoms with Gasteiger partial charge in [0.05, 0.1) is 11.5 Å². The van der Waals surface area contributed by atoms with Crippen molar-refractivity contribution in [3.8, 4) is 0 Å². The topological polar surface area (TPSA) is 96.0 Å². The molecule has 2 heterocycles. The molecule has 0 aliphatic carbocycles. The number of hydrogen-bond donors (Lipinski definition) is 1. The number of hydrogen-bond acceptors (Lipinski definition) is 5. The van der Waals surface area contributed by atoms with E-state index in [4.69, 9.17) is 0 Å². The highest BCUT2D eigenvalue weighted by Gasteiger charge is 2.33. The standard InChI is InChI=1S/C12H20N4O3S/c1-8-7-20(18,19)6-5-16(8)10(17)9-13-11(15-14-9)12(2,3)4/h8H,5-7H2,1-4H3,(H,13,14,15). The molecule has 20 heavy (non-hydrogen) atoms. The Bertz CT molecular complexity index is 615. The Hall–Kier alpha value is -1.44. The van der Waals surface area contributed by atoms with Crippen molar-refractivity contribution in [2.45, 2.75) is 39.2 Å². The minimum Gasteiger partial charge on any atom is -0.331 e. The Labute approximate surface area is 118 Å². The minimum absolute atomic E-state index is 0.000366. The zero-order valence-corrected chi connectivity index (χ0v) is 13.0. The molecule has 112 valence electrons. The van der Waals surface area contributed by atoms with Gasteiger partial charge in [0, 0.05) is 18.0 Å². The second kappa shape index (κ2) is 4.83. The number of sulfone groups is 1. The molecule has 1 saturated heterocycles. The van der Waals surface area contributed by atoms with Crippen LogP contribution in [0.1, 0.15) is 44.1 Å². The number of nitrogens with zero attached hydrogens (tertiary/aromatic N) is 3. The van der Waals surface area contributed by atoms with E-state index in [1.165, 1.54) is 4.90 Å². The first-order valence-electron chi connectivity index (χ1n) is 6.54. The van der Waals surface area contributed by atoms with Crippen molar-refractivity contribution in [3.05, 3.63) is 11.6 Å². The van der Waals surface area contributed by atoms with Gasteiger partial charge in [0.15, 0.2) is 9.84 Å². The van der Waals surface area contributed by atoms with Crippen LogP contribution in [0.4, 0.5) is 0 Å². The molecule has 0 spiro atoms. The van der Waals surface area contributed by atoms with Gasteiger partial charge in [0.2, 0.25) is 5.82 Å². The number of aromatic nitrogens is 3. The summed E-state index contributed by atoms with van der Waals surface area (Å²) >= 11 is 0. The summed E-state index contributed by atoms with van der Waals surface area (Å²) in [4.78, 5) is 18.1. The van der Waals surface area contributed by atoms with Crippen molar-refractivity contribution in [1.82, 2.24) is 20.1 Å². The first-order chi connectivity index (χ1) is 9.10. The number of carbonyl (C=O) groups is 1. The highest BCUT2D eigenvalue weighted by atomic mass is 32.2. The van der Waals surface area contributed by atoms with Crippen molar-refractivity contribution in [3.63, 3.8) is 0 Å². The van der Waals surface area contributed by atoms with Gasteiger partial charge in [-0.25, -0.2) is 13.4 Å². The van der Waals surface area contributed by atoms with E-state index in [9.17, 15) is 13.2 Å². The molecule has 1 atom stereocenters. The molecule has 1 aliphatic rings. The van der Waals surface area contributed by atoms with Gasteiger partial charge in [-0.15, -0.1) is 5.10 Å². The van der Waals surface area contributed by atoms with Crippen LogP contribution in [0.3, 0.4) is 0 Å². The third-order valence-electron chi connectivity index (χ3n) is 3.32. The third-order valence-corrected chi connectivity index (χ3v) is 5.11. The number of nitrogens with one attached hydrogen (secondary N) is 1. The lowest BCUT2D eigenvalue weighted by Gasteiger charge is -2.32. The molecule has 1 aromatic heterocycles. The highest BCUT2D eigenvalue weighted by Crippen LogP contribution is 2.19. The molecule has 1 aromatic rings. The van der Waals surface area contributed by atoms with Gasteiger partial charge in [0.25, 0.3) is 5.91 Å². The molecule has 0 radical (unpaired) electrons. The van der Waals surface area contributed by atoms with Crippen LogP contribution in [0.5, 0.6) is 0 Å². The van der Waals surface area contributed by atoms with Crippen LogP contribution in [0.2, 0.25) is 0 Å². The number of carbonyl (C=O) groups excluding carboxylic acids is 1. The SMILES string of the molecule is CC1CS(=O)(=O)CCN1C(=O)c1n[nH]c(C(C)(C)C)n1. The Morgan fingerprint density at radius 3 is 2.55 bits per heavy atom. The maximum Gasteiger partial charge on any atom is 0.293 e. The van der Waals surface area contributed by atoms with E-state index in [1.807, 2.05) is 20.8 Å². The average molecular weight is 300 g/mol. The fraction of sp³-hybridized carbons (Fsp3) is 0.750. The normalized spacial score (nSPS) is 22.8. The molecule has 0 bridgehead atoms. The fourth-order valence-corrected chi connectivity index (χ4v) is 3.68. The molecule has 1 aliphatic heterocycles. The minimum atomic E-state index is -3.04. The van der Waals surface area contributed by atoms with Crippen LogP contribution in [-0.4, -0.2) is 58.5 Å². The van der Waals surface area contributed by atoms with E-state index in [0.717, 1.165) is 0 Å². The lowest BCUT2D eigenvalue weighted by molar-refractivity contribution is 0.0700. The Morgan fingerprint density at radius 1 is 1.40 bits per heavy atom. The third kappa shape index (κ3) is 3.00. The number of aromatic amines is 1. The monoisotopic (exact) mass is 300 g/mol. The molecule has 1 fully saturated rings. The average Bonchev–Trinajstić information content (AvgIpc) is 2.75. The summed E-state index contributed by atoms with van der Waals surface area (Å²) in [5.74, 6) is 0.410. The van der Waals surface area contributed by atoms with Crippen molar-refractivity contribution in [2.75, 3.05) is 18.1 Å². The molecular weight excluding hydrogens is 280 g/mol. The quantitative estimate of drug-likeness (QED) is 0.808. The molecule has 2 rings (SSSR count). The first kappa shape index (κ1) is 15.0. The van der Waals surface area contributed by atoms with Crippen LogP contribution < -0.4 is 0 Å². The van der Waals surface area contributed by atoms with Crippen molar-refractivity contribution in [1.29, 1.82) is 0 Å². The largest absolute Gasteiger partial charge is 0.331 e. The molecule has 8 heteroatoms. The summed E-state index contributed by atoms with van der Waals surface area (Å²) in [6.45, 7) is 7.83. The fourth-order valence-electron chi connectivity index (χ4n) is 2.12. The second-order valence-corrected chi connectivity index (χ2v) is 8.45. The Kier molecular flexibility index (Phi) is 3.62. The van der Waals surface area contributed by atoms with Gasteiger partial charge in [-0.05, 0) is 6.92 Å². The van der Waals surface area contributed by atoms with E-state index >= 15 is 0 Å². The summed E-state index contributed by atoms with van der Waals surface area (Å²) in [6.07, 6.45) is 0. The van der Waals surface area contributed by atoms with Crippen molar-refractivity contribution < 1.29 is 13.2 Å². The smallest absolute Gasteiger partial charge is 0.293 e. The predicted molar refractivity (Wildman–Crippen MR) is 74.2 cm³/mol. The highest BCUT2D eigenvalue weighted by molar-refractivity contribution is 7.91. The van der Waals surface area contributed by atoms with Gasteiger partial charge >= 0.3 is 0 Å². The molecule has 1 unspecified atom stereocenters. The lowest BCUT2D eigenvalue weighted by atomic mass is 9.96. The second-order valence-electron chi connectivity index (χ2n) is 6.22. The van der Waals surface area contributed by atoms with Gasteiger partial charge < -0.3 is 4.90 Å². The van der Waals surface area contributed by atoms with E-state index in [2.05, 4.69) is 15.2 Å². The van der Waals surface area contributed by atoms with Crippen LogP contribution in [-0.2, 0) is 15.3 Å². The maximum atomic E-state index is 12.3. The molecular formula is C12H20N4O3S. The van der Waals surface area contributed by atoms with E-state index in [-0.39, 0.29) is 41.2 Å². The molecule has 7 nitrogen and oxygen atoms in total. The summed E-state index contributed by atoms with van der Waals surface area (Å²) in [5, 5.41) is 6.72. The zero-order chi connectivity index (χ0) is 15.1. The van der Waals surface area contributed by atoms with Crippen LogP contribution in [0.15, 0.2) is 0 Å². The lowest BCUT2D eigenvalue weighted by Crippen LogP contribution is -2.50. The van der Waals surface area contributed by atoms with E-state index < -0.39 is 9.84 Å². The summed E-state index contributed by atoms with van der Waals surface area (Å²) < 4.78 is 23.1. The number of H-pyrrole nitrogens is 1. The van der Waals surface area contributed by atoms with Crippen LogP contribution in [0.25, 0.3) is 0 Å². The Balaban J connectivity index is 2.18. The zero-order valence-electron chi connectivity index (χ0n) is 12.2. The Morgan fingerprint density at radius 2 is 2.05 bits per heavy atom. The summed E-state index contributed by atoms with van der Waals surface area (Å²) in [5.41, 5.74) is -0.220.